The molecule has 0 saturated heterocycles. The van der Waals surface area contributed by atoms with Gasteiger partial charge < -0.3 is 16.0 Å². The number of pyridine rings is 1. The molecule has 0 saturated carbocycles. The topological polar surface area (TPSA) is 101 Å². The summed E-state index contributed by atoms with van der Waals surface area (Å²) in [6.07, 6.45) is 3.27. The second-order valence-electron chi connectivity index (χ2n) is 6.32. The molecule has 9 heteroatoms. The number of halogens is 1. The van der Waals surface area contributed by atoms with Gasteiger partial charge in [-0.25, -0.2) is 4.79 Å². The highest BCUT2D eigenvalue weighted by atomic mass is 35.5. The van der Waals surface area contributed by atoms with E-state index in [1.165, 1.54) is 0 Å². The van der Waals surface area contributed by atoms with E-state index in [9.17, 15) is 9.59 Å². The van der Waals surface area contributed by atoms with Gasteiger partial charge >= 0.3 is 6.03 Å². The number of nitrogens with one attached hydrogen (secondary N) is 3. The fourth-order valence-corrected chi connectivity index (χ4v) is 3.19. The van der Waals surface area contributed by atoms with Crippen molar-refractivity contribution < 1.29 is 9.59 Å². The second kappa shape index (κ2) is 7.79. The number of urea groups is 1. The zero-order valence-electron chi connectivity index (χ0n) is 15.3. The molecule has 142 valence electrons. The zero-order chi connectivity index (χ0) is 19.6. The molecule has 2 aromatic rings. The van der Waals surface area contributed by atoms with Gasteiger partial charge in [0.25, 0.3) is 5.91 Å². The van der Waals surface area contributed by atoms with Crippen LogP contribution in [0, 0.1) is 13.8 Å². The van der Waals surface area contributed by atoms with E-state index >= 15 is 0 Å². The maximum atomic E-state index is 12.8. The molecule has 3 rings (SSSR count). The lowest BCUT2D eigenvalue weighted by Gasteiger charge is -2.28. The summed E-state index contributed by atoms with van der Waals surface area (Å²) in [5.41, 5.74) is 3.32. The van der Waals surface area contributed by atoms with Crippen molar-refractivity contribution >= 4 is 23.5 Å². The van der Waals surface area contributed by atoms with E-state index in [1.807, 2.05) is 19.9 Å². The molecule has 1 atom stereocenters. The van der Waals surface area contributed by atoms with E-state index in [1.54, 1.807) is 30.1 Å². The molecule has 3 amide bonds. The van der Waals surface area contributed by atoms with E-state index in [0.717, 1.165) is 17.0 Å². The van der Waals surface area contributed by atoms with Crippen LogP contribution in [0.4, 0.5) is 4.79 Å². The number of allylic oxidation sites excluding steroid dienone is 1. The zero-order valence-corrected chi connectivity index (χ0v) is 16.1. The molecule has 1 aliphatic rings. The predicted molar refractivity (Wildman–Crippen MR) is 101 cm³/mol. The fraction of sp³-hybridized carbons (Fsp3) is 0.333. The first kappa shape index (κ1) is 18.9. The third-order valence-electron chi connectivity index (χ3n) is 4.43. The number of carbonyl (C=O) groups is 2. The lowest BCUT2D eigenvalue weighted by molar-refractivity contribution is -0.118. The van der Waals surface area contributed by atoms with E-state index in [2.05, 4.69) is 26.0 Å². The molecule has 3 N–H and O–H groups in total. The smallest absolute Gasteiger partial charge is 0.319 e. The van der Waals surface area contributed by atoms with Crippen molar-refractivity contribution in [2.45, 2.75) is 33.4 Å². The number of aryl methyl sites for hydroxylation is 1. The lowest BCUT2D eigenvalue weighted by Crippen LogP contribution is -2.47. The summed E-state index contributed by atoms with van der Waals surface area (Å²) in [6.45, 7) is 6.30. The van der Waals surface area contributed by atoms with Gasteiger partial charge in [0.1, 0.15) is 0 Å². The Balaban J connectivity index is 1.74. The van der Waals surface area contributed by atoms with Crippen molar-refractivity contribution in [2.75, 3.05) is 6.54 Å². The summed E-state index contributed by atoms with van der Waals surface area (Å²) < 4.78 is 1.76. The van der Waals surface area contributed by atoms with Crippen molar-refractivity contribution in [1.82, 2.24) is 30.7 Å². The number of nitrogens with zero attached hydrogens (tertiary/aromatic N) is 3. The van der Waals surface area contributed by atoms with Crippen LogP contribution in [0.15, 0.2) is 35.8 Å². The molecule has 27 heavy (non-hydrogen) atoms. The van der Waals surface area contributed by atoms with Crippen molar-refractivity contribution in [3.63, 3.8) is 0 Å². The van der Waals surface area contributed by atoms with Crippen LogP contribution in [-0.4, -0.2) is 33.2 Å². The van der Waals surface area contributed by atoms with E-state index < -0.39 is 6.04 Å². The molecule has 2 aromatic heterocycles. The van der Waals surface area contributed by atoms with Gasteiger partial charge in [-0.05, 0) is 32.4 Å². The van der Waals surface area contributed by atoms with E-state index in [0.29, 0.717) is 29.4 Å². The molecule has 0 aromatic carbocycles. The number of hydrogen-bond donors (Lipinski definition) is 3. The Morgan fingerprint density at radius 2 is 2.15 bits per heavy atom. The largest absolute Gasteiger partial charge is 0.350 e. The average Bonchev–Trinajstić information content (AvgIpc) is 2.88. The highest BCUT2D eigenvalue weighted by Gasteiger charge is 2.31. The summed E-state index contributed by atoms with van der Waals surface area (Å²) in [7, 11) is 0. The molecule has 8 nitrogen and oxygen atoms in total. The van der Waals surface area contributed by atoms with Crippen LogP contribution < -0.4 is 16.0 Å². The standard InChI is InChI=1S/C18H21ClN6O2/c1-10-14(16(23-18(27)22-10)13-5-4-6-20-9-13)17(26)21-7-8-25-12(3)15(19)11(2)24-25/h4-6,9,16H,7-8H2,1-3H3,(H,21,26)(H2,22,23,27)/t16-/m1/s1. The average molecular weight is 389 g/mol. The molecular weight excluding hydrogens is 368 g/mol. The van der Waals surface area contributed by atoms with E-state index in [-0.39, 0.29) is 11.9 Å². The first-order valence-corrected chi connectivity index (χ1v) is 8.92. The third kappa shape index (κ3) is 3.95. The minimum Gasteiger partial charge on any atom is -0.350 e. The highest BCUT2D eigenvalue weighted by molar-refractivity contribution is 6.31. The summed E-state index contributed by atoms with van der Waals surface area (Å²) in [4.78, 5) is 28.7. The fourth-order valence-electron chi connectivity index (χ4n) is 3.05. The Labute approximate surface area is 162 Å². The van der Waals surface area contributed by atoms with Crippen molar-refractivity contribution in [1.29, 1.82) is 0 Å². The lowest BCUT2D eigenvalue weighted by atomic mass is 9.96. The number of rotatable bonds is 5. The predicted octanol–water partition coefficient (Wildman–Crippen LogP) is 1.99. The van der Waals surface area contributed by atoms with Gasteiger partial charge in [-0.1, -0.05) is 17.7 Å². The number of carbonyl (C=O) groups excluding carboxylic acids is 2. The normalized spacial score (nSPS) is 16.7. The summed E-state index contributed by atoms with van der Waals surface area (Å²) >= 11 is 6.15. The molecule has 1 aliphatic heterocycles. The van der Waals surface area contributed by atoms with Crippen molar-refractivity contribution in [3.05, 3.63) is 57.8 Å². The van der Waals surface area contributed by atoms with Crippen LogP contribution in [0.2, 0.25) is 5.02 Å². The van der Waals surface area contributed by atoms with Crippen LogP contribution in [0.3, 0.4) is 0 Å². The van der Waals surface area contributed by atoms with Gasteiger partial charge in [-0.3, -0.25) is 14.5 Å². The van der Waals surface area contributed by atoms with Crippen molar-refractivity contribution in [3.8, 4) is 0 Å². The van der Waals surface area contributed by atoms with Crippen molar-refractivity contribution in [2.24, 2.45) is 0 Å². The van der Waals surface area contributed by atoms with Crippen LogP contribution in [0.1, 0.15) is 29.9 Å². The molecule has 0 radical (unpaired) electrons. The summed E-state index contributed by atoms with van der Waals surface area (Å²) in [5, 5.41) is 13.3. The molecule has 3 heterocycles. The van der Waals surface area contributed by atoms with Gasteiger partial charge in [-0.15, -0.1) is 0 Å². The summed E-state index contributed by atoms with van der Waals surface area (Å²) in [6, 6.07) is 2.67. The maximum absolute atomic E-state index is 12.8. The van der Waals surface area contributed by atoms with Gasteiger partial charge in [0, 0.05) is 24.6 Å². The number of hydrogen-bond acceptors (Lipinski definition) is 4. The third-order valence-corrected chi connectivity index (χ3v) is 4.98. The van der Waals surface area contributed by atoms with Crippen LogP contribution in [0.5, 0.6) is 0 Å². The minimum atomic E-state index is -0.560. The number of aromatic nitrogens is 3. The van der Waals surface area contributed by atoms with E-state index in [4.69, 9.17) is 11.6 Å². The maximum Gasteiger partial charge on any atom is 0.319 e. The molecule has 0 aliphatic carbocycles. The molecule has 0 unspecified atom stereocenters. The summed E-state index contributed by atoms with van der Waals surface area (Å²) in [5.74, 6) is -0.263. The first-order valence-electron chi connectivity index (χ1n) is 8.54. The molecule has 0 fully saturated rings. The Kier molecular flexibility index (Phi) is 5.46. The minimum absolute atomic E-state index is 0.263. The molecule has 0 spiro atoms. The quantitative estimate of drug-likeness (QED) is 0.729. The Bertz CT molecular complexity index is 906. The monoisotopic (exact) mass is 388 g/mol. The SMILES string of the molecule is CC1=C(C(=O)NCCn2nc(C)c(Cl)c2C)[C@@H](c2cccnc2)NC(=O)N1. The van der Waals surface area contributed by atoms with Crippen LogP contribution in [-0.2, 0) is 11.3 Å². The Hall–Kier alpha value is -2.87. The Morgan fingerprint density at radius 1 is 1.37 bits per heavy atom. The van der Waals surface area contributed by atoms with Crippen LogP contribution in [0.25, 0.3) is 0 Å². The van der Waals surface area contributed by atoms with Crippen LogP contribution >= 0.6 is 11.6 Å². The van der Waals surface area contributed by atoms with Gasteiger partial charge in [0.2, 0.25) is 0 Å². The van der Waals surface area contributed by atoms with Gasteiger partial charge in [-0.2, -0.15) is 5.10 Å². The second-order valence-corrected chi connectivity index (χ2v) is 6.70. The first-order chi connectivity index (χ1) is 12.9. The van der Waals surface area contributed by atoms with Gasteiger partial charge in [0.15, 0.2) is 0 Å². The van der Waals surface area contributed by atoms with Gasteiger partial charge in [0.05, 0.1) is 34.6 Å². The molecule has 0 bridgehead atoms. The highest BCUT2D eigenvalue weighted by Crippen LogP contribution is 2.26. The molecular formula is C18H21ClN6O2. The number of amides is 3. The Morgan fingerprint density at radius 3 is 2.78 bits per heavy atom.